The summed E-state index contributed by atoms with van der Waals surface area (Å²) in [5.74, 6) is -0.105. The van der Waals surface area contributed by atoms with Gasteiger partial charge in [0.1, 0.15) is 11.6 Å². The maximum Gasteiger partial charge on any atom is 0.251 e. The summed E-state index contributed by atoms with van der Waals surface area (Å²) in [6.07, 6.45) is 0.571. The second-order valence-electron chi connectivity index (χ2n) is 6.37. The number of aromatic amines is 1. The molecule has 1 heterocycles. The molecule has 1 atom stereocenters. The summed E-state index contributed by atoms with van der Waals surface area (Å²) in [4.78, 5) is 20.6. The average molecular weight is 359 g/mol. The number of nitrogens with one attached hydrogen (secondary N) is 2. The molecule has 0 saturated carbocycles. The van der Waals surface area contributed by atoms with E-state index in [0.717, 1.165) is 16.6 Å². The van der Waals surface area contributed by atoms with Crippen LogP contribution in [-0.2, 0) is 6.42 Å². The molecule has 2 N–H and O–H groups in total. The van der Waals surface area contributed by atoms with Crippen molar-refractivity contribution in [2.45, 2.75) is 12.5 Å². The summed E-state index contributed by atoms with van der Waals surface area (Å²) in [6.45, 7) is 0. The van der Waals surface area contributed by atoms with Crippen LogP contribution in [0.5, 0.6) is 0 Å². The van der Waals surface area contributed by atoms with Gasteiger partial charge in [0.05, 0.1) is 17.1 Å². The van der Waals surface area contributed by atoms with Gasteiger partial charge >= 0.3 is 0 Å². The van der Waals surface area contributed by atoms with E-state index in [9.17, 15) is 9.18 Å². The Labute approximate surface area is 156 Å². The lowest BCUT2D eigenvalue weighted by atomic mass is 10.0. The van der Waals surface area contributed by atoms with Gasteiger partial charge in [-0.3, -0.25) is 4.79 Å². The molecule has 0 fully saturated rings. The van der Waals surface area contributed by atoms with Gasteiger partial charge in [0.15, 0.2) is 0 Å². The SMILES string of the molecule is O=C(NC(Cc1ccccc1)c1nc2ccccc2[nH]1)c1cccc(F)c1. The minimum absolute atomic E-state index is 0.282. The smallest absolute Gasteiger partial charge is 0.251 e. The number of H-pyrrole nitrogens is 1. The van der Waals surface area contributed by atoms with E-state index in [-0.39, 0.29) is 17.5 Å². The Morgan fingerprint density at radius 3 is 2.56 bits per heavy atom. The van der Waals surface area contributed by atoms with Crippen LogP contribution in [-0.4, -0.2) is 15.9 Å². The first-order chi connectivity index (χ1) is 13.2. The third kappa shape index (κ3) is 3.87. The fraction of sp³-hybridized carbons (Fsp3) is 0.0909. The van der Waals surface area contributed by atoms with E-state index in [4.69, 9.17) is 0 Å². The van der Waals surface area contributed by atoms with E-state index >= 15 is 0 Å². The second kappa shape index (κ2) is 7.41. The number of hydrogen-bond acceptors (Lipinski definition) is 2. The highest BCUT2D eigenvalue weighted by Gasteiger charge is 2.20. The van der Waals surface area contributed by atoms with Crippen LogP contribution in [0.3, 0.4) is 0 Å². The molecule has 5 heteroatoms. The van der Waals surface area contributed by atoms with Crippen molar-refractivity contribution in [1.82, 2.24) is 15.3 Å². The molecule has 0 aliphatic carbocycles. The van der Waals surface area contributed by atoms with Crippen molar-refractivity contribution >= 4 is 16.9 Å². The molecule has 4 nitrogen and oxygen atoms in total. The van der Waals surface area contributed by atoms with Crippen LogP contribution in [0.1, 0.15) is 27.8 Å². The largest absolute Gasteiger partial charge is 0.342 e. The van der Waals surface area contributed by atoms with Gasteiger partial charge in [-0.25, -0.2) is 9.37 Å². The van der Waals surface area contributed by atoms with Crippen molar-refractivity contribution in [2.24, 2.45) is 0 Å². The topological polar surface area (TPSA) is 57.8 Å². The van der Waals surface area contributed by atoms with Crippen molar-refractivity contribution in [3.8, 4) is 0 Å². The van der Waals surface area contributed by atoms with Crippen LogP contribution >= 0.6 is 0 Å². The first-order valence-electron chi connectivity index (χ1n) is 8.74. The zero-order valence-electron chi connectivity index (χ0n) is 14.5. The molecule has 0 saturated heterocycles. The third-order valence-electron chi connectivity index (χ3n) is 4.41. The minimum Gasteiger partial charge on any atom is -0.342 e. The standard InChI is InChI=1S/C22H18FN3O/c23-17-10-6-9-16(14-17)22(27)26-20(13-15-7-2-1-3-8-15)21-24-18-11-4-5-12-19(18)25-21/h1-12,14,20H,13H2,(H,24,25)(H,26,27). The lowest BCUT2D eigenvalue weighted by Gasteiger charge is -2.17. The molecular formula is C22H18FN3O. The molecule has 1 amide bonds. The number of para-hydroxylation sites is 2. The minimum atomic E-state index is -0.439. The number of carbonyl (C=O) groups is 1. The molecule has 0 radical (unpaired) electrons. The fourth-order valence-corrected chi connectivity index (χ4v) is 3.07. The van der Waals surface area contributed by atoms with E-state index in [0.29, 0.717) is 12.2 Å². The molecule has 0 bridgehead atoms. The Bertz CT molecular complexity index is 1040. The lowest BCUT2D eigenvalue weighted by Crippen LogP contribution is -2.30. The number of rotatable bonds is 5. The van der Waals surface area contributed by atoms with Gasteiger partial charge in [-0.15, -0.1) is 0 Å². The maximum absolute atomic E-state index is 13.5. The third-order valence-corrected chi connectivity index (χ3v) is 4.41. The monoisotopic (exact) mass is 359 g/mol. The summed E-state index contributed by atoms with van der Waals surface area (Å²) < 4.78 is 13.5. The highest BCUT2D eigenvalue weighted by molar-refractivity contribution is 5.94. The predicted molar refractivity (Wildman–Crippen MR) is 103 cm³/mol. The van der Waals surface area contributed by atoms with Crippen LogP contribution in [0.4, 0.5) is 4.39 Å². The van der Waals surface area contributed by atoms with Gasteiger partial charge in [0, 0.05) is 5.56 Å². The molecule has 134 valence electrons. The Balaban J connectivity index is 1.66. The highest BCUT2D eigenvalue weighted by Crippen LogP contribution is 2.20. The lowest BCUT2D eigenvalue weighted by molar-refractivity contribution is 0.0934. The number of fused-ring (bicyclic) bond motifs is 1. The Hall–Kier alpha value is -3.47. The van der Waals surface area contributed by atoms with E-state index in [2.05, 4.69) is 15.3 Å². The summed E-state index contributed by atoms with van der Waals surface area (Å²) in [5, 5.41) is 2.99. The van der Waals surface area contributed by atoms with Crippen LogP contribution < -0.4 is 5.32 Å². The predicted octanol–water partition coefficient (Wildman–Crippen LogP) is 4.42. The molecule has 4 aromatic rings. The van der Waals surface area contributed by atoms with E-state index < -0.39 is 5.82 Å². The van der Waals surface area contributed by atoms with Crippen molar-refractivity contribution in [3.05, 3.63) is 102 Å². The molecule has 1 unspecified atom stereocenters. The van der Waals surface area contributed by atoms with Crippen molar-refractivity contribution in [3.63, 3.8) is 0 Å². The van der Waals surface area contributed by atoms with E-state index in [1.807, 2.05) is 54.6 Å². The first-order valence-corrected chi connectivity index (χ1v) is 8.74. The normalized spacial score (nSPS) is 12.0. The van der Waals surface area contributed by atoms with Gasteiger partial charge in [0.2, 0.25) is 0 Å². The number of carbonyl (C=O) groups excluding carboxylic acids is 1. The molecular weight excluding hydrogens is 341 g/mol. The van der Waals surface area contributed by atoms with E-state index in [1.165, 1.54) is 18.2 Å². The number of imidazole rings is 1. The molecule has 27 heavy (non-hydrogen) atoms. The van der Waals surface area contributed by atoms with Crippen molar-refractivity contribution < 1.29 is 9.18 Å². The van der Waals surface area contributed by atoms with Gasteiger partial charge < -0.3 is 10.3 Å². The Morgan fingerprint density at radius 1 is 1.00 bits per heavy atom. The van der Waals surface area contributed by atoms with Crippen LogP contribution in [0.15, 0.2) is 78.9 Å². The Kier molecular flexibility index (Phi) is 4.66. The molecule has 3 aromatic carbocycles. The molecule has 0 aliphatic heterocycles. The first kappa shape index (κ1) is 17.0. The van der Waals surface area contributed by atoms with E-state index in [1.54, 1.807) is 6.07 Å². The van der Waals surface area contributed by atoms with Crippen molar-refractivity contribution in [2.75, 3.05) is 0 Å². The quantitative estimate of drug-likeness (QED) is 0.554. The summed E-state index contributed by atoms with van der Waals surface area (Å²) >= 11 is 0. The molecule has 1 aromatic heterocycles. The van der Waals surface area contributed by atoms with Gasteiger partial charge in [-0.1, -0.05) is 48.5 Å². The maximum atomic E-state index is 13.5. The molecule has 0 aliphatic rings. The summed E-state index contributed by atoms with van der Waals surface area (Å²) in [7, 11) is 0. The van der Waals surface area contributed by atoms with Gasteiger partial charge in [0.25, 0.3) is 5.91 Å². The highest BCUT2D eigenvalue weighted by atomic mass is 19.1. The van der Waals surface area contributed by atoms with Crippen molar-refractivity contribution in [1.29, 1.82) is 0 Å². The second-order valence-corrected chi connectivity index (χ2v) is 6.37. The molecule has 0 spiro atoms. The number of halogens is 1. The zero-order valence-corrected chi connectivity index (χ0v) is 14.5. The zero-order chi connectivity index (χ0) is 18.6. The van der Waals surface area contributed by atoms with Gasteiger partial charge in [-0.05, 0) is 42.3 Å². The Morgan fingerprint density at radius 2 is 1.78 bits per heavy atom. The van der Waals surface area contributed by atoms with Crippen LogP contribution in [0, 0.1) is 5.82 Å². The molecule has 4 rings (SSSR count). The van der Waals surface area contributed by atoms with Gasteiger partial charge in [-0.2, -0.15) is 0 Å². The summed E-state index contributed by atoms with van der Waals surface area (Å²) in [6, 6.07) is 22.9. The number of benzene rings is 3. The fourth-order valence-electron chi connectivity index (χ4n) is 3.07. The van der Waals surface area contributed by atoms with Crippen LogP contribution in [0.25, 0.3) is 11.0 Å². The number of nitrogens with zero attached hydrogens (tertiary/aromatic N) is 1. The summed E-state index contributed by atoms with van der Waals surface area (Å²) in [5.41, 5.74) is 3.10. The number of hydrogen-bond donors (Lipinski definition) is 2. The number of amides is 1. The number of aromatic nitrogens is 2. The average Bonchev–Trinajstić information content (AvgIpc) is 3.12. The van der Waals surface area contributed by atoms with Crippen LogP contribution in [0.2, 0.25) is 0 Å².